The van der Waals surface area contributed by atoms with E-state index in [2.05, 4.69) is 20.9 Å². The molecule has 8 heteroatoms. The third kappa shape index (κ3) is 7.21. The second-order valence-corrected chi connectivity index (χ2v) is 5.84. The van der Waals surface area contributed by atoms with Crippen LogP contribution >= 0.6 is 35.6 Å². The highest BCUT2D eigenvalue weighted by Gasteiger charge is 2.28. The summed E-state index contributed by atoms with van der Waals surface area (Å²) in [5, 5.41) is 9.25. The third-order valence-corrected chi connectivity index (χ3v) is 3.70. The maximum Gasteiger partial charge on any atom is 0.223 e. The Hall–Kier alpha value is -1.09. The molecule has 0 aromatic heterocycles. The fraction of sp³-hybridized carbons (Fsp3) is 0.500. The van der Waals surface area contributed by atoms with Crippen LogP contribution in [0.1, 0.15) is 25.3 Å². The lowest BCUT2D eigenvalue weighted by Crippen LogP contribution is -2.41. The number of amides is 1. The zero-order valence-electron chi connectivity index (χ0n) is 13.6. The Bertz CT molecular complexity index is 581. The van der Waals surface area contributed by atoms with Gasteiger partial charge in [0.05, 0.1) is 11.6 Å². The molecule has 1 aromatic carbocycles. The van der Waals surface area contributed by atoms with Gasteiger partial charge in [-0.1, -0.05) is 17.7 Å². The van der Waals surface area contributed by atoms with Crippen molar-refractivity contribution in [2.24, 2.45) is 10.9 Å². The number of nitrogens with one attached hydrogen (secondary N) is 3. The van der Waals surface area contributed by atoms with E-state index >= 15 is 0 Å². The van der Waals surface area contributed by atoms with Crippen LogP contribution in [0.25, 0.3) is 0 Å². The zero-order valence-corrected chi connectivity index (χ0v) is 16.7. The minimum atomic E-state index is -0.434. The van der Waals surface area contributed by atoms with Crippen LogP contribution in [-0.4, -0.2) is 31.5 Å². The van der Waals surface area contributed by atoms with Gasteiger partial charge in [-0.05, 0) is 37.5 Å². The molecule has 0 spiro atoms. The van der Waals surface area contributed by atoms with E-state index < -0.39 is 5.82 Å². The molecule has 5 nitrogen and oxygen atoms in total. The van der Waals surface area contributed by atoms with E-state index in [1.807, 2.05) is 6.92 Å². The Morgan fingerprint density at radius 3 is 2.62 bits per heavy atom. The molecule has 1 amide bonds. The summed E-state index contributed by atoms with van der Waals surface area (Å²) >= 11 is 5.76. The lowest BCUT2D eigenvalue weighted by Gasteiger charge is -2.12. The molecular formula is C16H23ClFIN4O. The number of nitrogens with zero attached hydrogens (tertiary/aromatic N) is 1. The van der Waals surface area contributed by atoms with Crippen LogP contribution in [0.15, 0.2) is 23.2 Å². The van der Waals surface area contributed by atoms with E-state index in [1.54, 1.807) is 12.1 Å². The first kappa shape index (κ1) is 21.0. The minimum absolute atomic E-state index is 0. The second-order valence-electron chi connectivity index (χ2n) is 5.44. The van der Waals surface area contributed by atoms with Crippen molar-refractivity contribution in [1.29, 1.82) is 0 Å². The molecule has 0 radical (unpaired) electrons. The normalized spacial score (nSPS) is 13.9. The summed E-state index contributed by atoms with van der Waals surface area (Å²) in [7, 11) is 0. The highest BCUT2D eigenvalue weighted by Crippen LogP contribution is 2.28. The number of benzene rings is 1. The maximum atomic E-state index is 13.1. The van der Waals surface area contributed by atoms with Crippen molar-refractivity contribution in [3.8, 4) is 0 Å². The molecule has 0 atom stereocenters. The minimum Gasteiger partial charge on any atom is -0.357 e. The topological polar surface area (TPSA) is 65.5 Å². The number of hydrogen-bond acceptors (Lipinski definition) is 2. The Morgan fingerprint density at radius 2 is 2.00 bits per heavy atom. The van der Waals surface area contributed by atoms with Gasteiger partial charge in [0.15, 0.2) is 5.96 Å². The van der Waals surface area contributed by atoms with Crippen molar-refractivity contribution in [1.82, 2.24) is 16.0 Å². The quantitative estimate of drug-likeness (QED) is 0.249. The summed E-state index contributed by atoms with van der Waals surface area (Å²) in [6, 6.07) is 4.56. The molecule has 1 aliphatic carbocycles. The van der Waals surface area contributed by atoms with E-state index in [1.165, 1.54) is 6.07 Å². The van der Waals surface area contributed by atoms with E-state index in [0.717, 1.165) is 24.9 Å². The Balaban J connectivity index is 0.00000288. The molecule has 1 saturated carbocycles. The average Bonchev–Trinajstić information content (AvgIpc) is 3.37. The van der Waals surface area contributed by atoms with E-state index in [4.69, 9.17) is 11.6 Å². The summed E-state index contributed by atoms with van der Waals surface area (Å²) < 4.78 is 13.1. The first-order chi connectivity index (χ1) is 11.1. The van der Waals surface area contributed by atoms with Gasteiger partial charge in [-0.25, -0.2) is 9.38 Å². The van der Waals surface area contributed by atoms with Crippen LogP contribution in [0.4, 0.5) is 4.39 Å². The summed E-state index contributed by atoms with van der Waals surface area (Å²) in [6.07, 6.45) is 2.01. The summed E-state index contributed by atoms with van der Waals surface area (Å²) in [5.74, 6) is 0.569. The zero-order chi connectivity index (χ0) is 16.7. The van der Waals surface area contributed by atoms with Crippen LogP contribution in [0.5, 0.6) is 0 Å². The predicted octanol–water partition coefficient (Wildman–Crippen LogP) is 2.68. The SMILES string of the molecule is CCNC(=NCc1ccc(F)c(Cl)c1)NCCNC(=O)C1CC1.I. The van der Waals surface area contributed by atoms with Crippen LogP contribution in [0.2, 0.25) is 5.02 Å². The monoisotopic (exact) mass is 468 g/mol. The lowest BCUT2D eigenvalue weighted by atomic mass is 10.2. The number of halogens is 3. The lowest BCUT2D eigenvalue weighted by molar-refractivity contribution is -0.122. The molecule has 1 aromatic rings. The van der Waals surface area contributed by atoms with Crippen molar-refractivity contribution >= 4 is 47.4 Å². The summed E-state index contributed by atoms with van der Waals surface area (Å²) in [6.45, 7) is 4.24. The summed E-state index contributed by atoms with van der Waals surface area (Å²) in [4.78, 5) is 15.9. The summed E-state index contributed by atoms with van der Waals surface area (Å²) in [5.41, 5.74) is 0.829. The van der Waals surface area contributed by atoms with Gasteiger partial charge in [-0.3, -0.25) is 4.79 Å². The Labute approximate surface area is 163 Å². The van der Waals surface area contributed by atoms with E-state index in [-0.39, 0.29) is 40.8 Å². The van der Waals surface area contributed by atoms with Crippen molar-refractivity contribution in [3.05, 3.63) is 34.6 Å². The fourth-order valence-electron chi connectivity index (χ4n) is 2.01. The first-order valence-electron chi connectivity index (χ1n) is 7.84. The molecule has 0 heterocycles. The van der Waals surface area contributed by atoms with Gasteiger partial charge in [0.2, 0.25) is 5.91 Å². The number of guanidine groups is 1. The molecule has 0 aliphatic heterocycles. The van der Waals surface area contributed by atoms with Gasteiger partial charge in [-0.2, -0.15) is 0 Å². The Kier molecular flexibility index (Phi) is 9.35. The van der Waals surface area contributed by atoms with Gasteiger partial charge < -0.3 is 16.0 Å². The van der Waals surface area contributed by atoms with Crippen molar-refractivity contribution in [3.63, 3.8) is 0 Å². The third-order valence-electron chi connectivity index (χ3n) is 3.41. The second kappa shape index (κ2) is 10.7. The van der Waals surface area contributed by atoms with Crippen molar-refractivity contribution in [2.45, 2.75) is 26.3 Å². The molecule has 24 heavy (non-hydrogen) atoms. The molecular weight excluding hydrogens is 446 g/mol. The predicted molar refractivity (Wildman–Crippen MR) is 105 cm³/mol. The van der Waals surface area contributed by atoms with Gasteiger partial charge >= 0.3 is 0 Å². The fourth-order valence-corrected chi connectivity index (χ4v) is 2.21. The molecule has 0 unspecified atom stereocenters. The number of rotatable bonds is 7. The van der Waals surface area contributed by atoms with Crippen LogP contribution in [0, 0.1) is 11.7 Å². The molecule has 134 valence electrons. The van der Waals surface area contributed by atoms with Crippen molar-refractivity contribution in [2.75, 3.05) is 19.6 Å². The van der Waals surface area contributed by atoms with E-state index in [9.17, 15) is 9.18 Å². The molecule has 0 bridgehead atoms. The smallest absolute Gasteiger partial charge is 0.223 e. The standard InChI is InChI=1S/C16H22ClFN4O.HI/c1-2-19-16(21-8-7-20-15(23)12-4-5-12)22-10-11-3-6-14(18)13(17)9-11;/h3,6,9,12H,2,4-5,7-8,10H2,1H3,(H,20,23)(H2,19,21,22);1H. The number of hydrogen-bond donors (Lipinski definition) is 3. The van der Waals surface area contributed by atoms with Gasteiger partial charge in [0.1, 0.15) is 5.82 Å². The average molecular weight is 469 g/mol. The first-order valence-corrected chi connectivity index (χ1v) is 8.21. The van der Waals surface area contributed by atoms with Crippen LogP contribution < -0.4 is 16.0 Å². The maximum absolute atomic E-state index is 13.1. The molecule has 1 aliphatic rings. The van der Waals surface area contributed by atoms with Gasteiger partial charge in [0, 0.05) is 25.6 Å². The Morgan fingerprint density at radius 1 is 1.29 bits per heavy atom. The highest BCUT2D eigenvalue weighted by molar-refractivity contribution is 14.0. The highest BCUT2D eigenvalue weighted by atomic mass is 127. The molecule has 2 rings (SSSR count). The number of aliphatic imine (C=N–C) groups is 1. The number of carbonyl (C=O) groups excluding carboxylic acids is 1. The van der Waals surface area contributed by atoms with E-state index in [0.29, 0.717) is 25.6 Å². The van der Waals surface area contributed by atoms with Crippen LogP contribution in [0.3, 0.4) is 0 Å². The molecule has 3 N–H and O–H groups in total. The molecule has 1 fully saturated rings. The number of carbonyl (C=O) groups is 1. The molecule has 0 saturated heterocycles. The largest absolute Gasteiger partial charge is 0.357 e. The van der Waals surface area contributed by atoms with Crippen LogP contribution in [-0.2, 0) is 11.3 Å². The van der Waals surface area contributed by atoms with Gasteiger partial charge in [0.25, 0.3) is 0 Å². The van der Waals surface area contributed by atoms with Gasteiger partial charge in [-0.15, -0.1) is 24.0 Å². The van der Waals surface area contributed by atoms with Crippen molar-refractivity contribution < 1.29 is 9.18 Å².